The lowest BCUT2D eigenvalue weighted by atomic mass is 9.95. The minimum atomic E-state index is -3.31. The second kappa shape index (κ2) is 9.12. The number of hydrogen-bond acceptors (Lipinski definition) is 3. The van der Waals surface area contributed by atoms with Crippen molar-refractivity contribution >= 4 is 15.7 Å². The van der Waals surface area contributed by atoms with Gasteiger partial charge in [0.05, 0.1) is 10.5 Å². The molecule has 1 aliphatic rings. The summed E-state index contributed by atoms with van der Waals surface area (Å²) in [6.45, 7) is 3.31. The van der Waals surface area contributed by atoms with Gasteiger partial charge < -0.3 is 0 Å². The number of hydrogen-bond donors (Lipinski definition) is 0. The summed E-state index contributed by atoms with van der Waals surface area (Å²) in [5.41, 5.74) is 6.36. The number of aryl methyl sites for hydroxylation is 1. The summed E-state index contributed by atoms with van der Waals surface area (Å²) in [6, 6.07) is 27.2. The first kappa shape index (κ1) is 24.1. The molecule has 36 heavy (non-hydrogen) atoms. The van der Waals surface area contributed by atoms with Gasteiger partial charge in [-0.25, -0.2) is 22.1 Å². The molecule has 4 aromatic carbocycles. The third kappa shape index (κ3) is 4.50. The van der Waals surface area contributed by atoms with E-state index in [1.54, 1.807) is 30.3 Å². The molecule has 0 saturated heterocycles. The predicted molar refractivity (Wildman–Crippen MR) is 138 cm³/mol. The quantitative estimate of drug-likeness (QED) is 0.302. The number of nitrogens with zero attached hydrogens (tertiary/aromatic N) is 1. The molecule has 0 saturated carbocycles. The summed E-state index contributed by atoms with van der Waals surface area (Å²) in [5, 5.41) is 0. The minimum Gasteiger partial charge on any atom is -0.245 e. The fourth-order valence-electron chi connectivity index (χ4n) is 5.20. The van der Waals surface area contributed by atoms with Crippen LogP contribution in [0, 0.1) is 12.7 Å². The van der Waals surface area contributed by atoms with Crippen LogP contribution in [0.25, 0.3) is 11.1 Å². The van der Waals surface area contributed by atoms with Crippen molar-refractivity contribution in [1.29, 1.82) is 0 Å². The Labute approximate surface area is 211 Å². The molecular weight excluding hydrogens is 473 g/mol. The van der Waals surface area contributed by atoms with Gasteiger partial charge in [-0.2, -0.15) is 0 Å². The molecule has 0 bridgehead atoms. The summed E-state index contributed by atoms with van der Waals surface area (Å²) >= 11 is 0. The first-order valence-electron chi connectivity index (χ1n) is 11.8. The smallest absolute Gasteiger partial charge is 0.245 e. The van der Waals surface area contributed by atoms with E-state index in [-0.39, 0.29) is 21.1 Å². The second-order valence-electron chi connectivity index (χ2n) is 9.61. The molecule has 1 atom stereocenters. The maximum absolute atomic E-state index is 13.9. The number of carbonyl (C=O) groups is 1. The van der Waals surface area contributed by atoms with Gasteiger partial charge in [0.15, 0.2) is 9.84 Å². The first-order chi connectivity index (χ1) is 17.2. The molecule has 6 heteroatoms. The van der Waals surface area contributed by atoms with E-state index in [2.05, 4.69) is 0 Å². The van der Waals surface area contributed by atoms with Crippen molar-refractivity contribution in [2.24, 2.45) is 0 Å². The van der Waals surface area contributed by atoms with Gasteiger partial charge in [-0.15, -0.1) is 0 Å². The highest BCUT2D eigenvalue weighted by molar-refractivity contribution is 7.90. The molecule has 0 radical (unpaired) electrons. The first-order valence-corrected chi connectivity index (χ1v) is 13.7. The molecule has 182 valence electrons. The van der Waals surface area contributed by atoms with E-state index in [4.69, 9.17) is 0 Å². The molecule has 4 aromatic rings. The van der Waals surface area contributed by atoms with Crippen molar-refractivity contribution in [2.45, 2.75) is 31.5 Å². The maximum atomic E-state index is 13.9. The Balaban J connectivity index is 1.58. The molecule has 0 aliphatic carbocycles. The van der Waals surface area contributed by atoms with Gasteiger partial charge in [0.1, 0.15) is 25.5 Å². The molecule has 1 heterocycles. The zero-order chi connectivity index (χ0) is 25.5. The van der Waals surface area contributed by atoms with Gasteiger partial charge in [0.2, 0.25) is 0 Å². The highest BCUT2D eigenvalue weighted by atomic mass is 32.2. The van der Waals surface area contributed by atoms with Gasteiger partial charge in [0, 0.05) is 22.9 Å². The molecule has 0 spiro atoms. The zero-order valence-electron chi connectivity index (χ0n) is 20.2. The Kier molecular flexibility index (Phi) is 6.10. The van der Waals surface area contributed by atoms with Gasteiger partial charge >= 0.3 is 5.91 Å². The van der Waals surface area contributed by atoms with Crippen LogP contribution < -0.4 is 0 Å². The lowest BCUT2D eigenvalue weighted by Crippen LogP contribution is -2.46. The number of benzene rings is 4. The van der Waals surface area contributed by atoms with Crippen molar-refractivity contribution in [2.75, 3.05) is 6.26 Å². The average Bonchev–Trinajstić information content (AvgIpc) is 3.11. The lowest BCUT2D eigenvalue weighted by molar-refractivity contribution is -0.885. The van der Waals surface area contributed by atoms with Crippen LogP contribution in [0.1, 0.15) is 32.6 Å². The van der Waals surface area contributed by atoms with Crippen LogP contribution in [0.4, 0.5) is 4.39 Å². The lowest BCUT2D eigenvalue weighted by Gasteiger charge is -2.32. The number of halogens is 1. The number of quaternary nitrogens is 1. The normalized spacial score (nSPS) is 17.2. The molecule has 1 aliphatic heterocycles. The topological polar surface area (TPSA) is 51.2 Å². The Morgan fingerprint density at radius 1 is 0.806 bits per heavy atom. The number of amides is 1. The second-order valence-corrected chi connectivity index (χ2v) is 11.6. The third-order valence-electron chi connectivity index (χ3n) is 6.96. The highest BCUT2D eigenvalue weighted by Crippen LogP contribution is 2.37. The van der Waals surface area contributed by atoms with E-state index in [0.29, 0.717) is 19.6 Å². The minimum absolute atomic E-state index is 0.0448. The average molecular weight is 501 g/mol. The van der Waals surface area contributed by atoms with Crippen molar-refractivity contribution in [1.82, 2.24) is 0 Å². The maximum Gasteiger partial charge on any atom is 0.347 e. The molecule has 0 aromatic heterocycles. The highest BCUT2D eigenvalue weighted by Gasteiger charge is 2.45. The van der Waals surface area contributed by atoms with Crippen LogP contribution in [0.15, 0.2) is 95.9 Å². The number of rotatable bonds is 6. The fraction of sp³-hybridized carbons (Fsp3) is 0.167. The standard InChI is InChI=1S/C30H27FNO3S/c1-21-17-25(31)13-16-27(21)28-9-5-3-7-23(28)19-32(20-24-8-4-6-10-29(24)30(32)33)18-22-11-14-26(15-12-22)36(2,34)35/h3-17H,18-20H2,1-2H3/q+1. The molecular formula is C30H27FNO3S+. The largest absolute Gasteiger partial charge is 0.347 e. The summed E-state index contributed by atoms with van der Waals surface area (Å²) in [7, 11) is -3.31. The van der Waals surface area contributed by atoms with Crippen LogP contribution >= 0.6 is 0 Å². The summed E-state index contributed by atoms with van der Waals surface area (Å²) in [6.07, 6.45) is 1.19. The van der Waals surface area contributed by atoms with Crippen LogP contribution in [-0.4, -0.2) is 25.1 Å². The van der Waals surface area contributed by atoms with E-state index >= 15 is 0 Å². The van der Waals surface area contributed by atoms with Gasteiger partial charge in [-0.05, 0) is 53.9 Å². The number of carbonyl (C=O) groups excluding carboxylic acids is 1. The van der Waals surface area contributed by atoms with E-state index in [1.165, 1.54) is 18.4 Å². The van der Waals surface area contributed by atoms with E-state index < -0.39 is 9.84 Å². The Morgan fingerprint density at radius 3 is 2.14 bits per heavy atom. The molecule has 1 unspecified atom stereocenters. The van der Waals surface area contributed by atoms with Crippen LogP contribution in [0.3, 0.4) is 0 Å². The van der Waals surface area contributed by atoms with E-state index in [1.807, 2.05) is 55.5 Å². The Morgan fingerprint density at radius 2 is 1.47 bits per heavy atom. The Bertz CT molecular complexity index is 1580. The van der Waals surface area contributed by atoms with Gasteiger partial charge in [-0.3, -0.25) is 0 Å². The molecule has 4 nitrogen and oxygen atoms in total. The summed E-state index contributed by atoms with van der Waals surface area (Å²) < 4.78 is 37.8. The zero-order valence-corrected chi connectivity index (χ0v) is 21.1. The molecule has 0 N–H and O–H groups in total. The number of sulfone groups is 1. The SMILES string of the molecule is Cc1cc(F)ccc1-c1ccccc1C[N+]1(Cc2ccc(S(C)(=O)=O)cc2)Cc2ccccc2C1=O. The fourth-order valence-corrected chi connectivity index (χ4v) is 5.83. The summed E-state index contributed by atoms with van der Waals surface area (Å²) in [4.78, 5) is 14.2. The third-order valence-corrected chi connectivity index (χ3v) is 8.09. The van der Waals surface area contributed by atoms with Crippen LogP contribution in [0.5, 0.6) is 0 Å². The molecule has 1 amide bonds. The predicted octanol–water partition coefficient (Wildman–Crippen LogP) is 6.08. The van der Waals surface area contributed by atoms with Crippen molar-refractivity contribution in [3.05, 3.63) is 125 Å². The van der Waals surface area contributed by atoms with Crippen molar-refractivity contribution in [3.8, 4) is 11.1 Å². The van der Waals surface area contributed by atoms with E-state index in [0.717, 1.165) is 38.9 Å². The van der Waals surface area contributed by atoms with Crippen molar-refractivity contribution < 1.29 is 22.1 Å². The number of fused-ring (bicyclic) bond motifs is 1. The Hall–Kier alpha value is -3.61. The monoisotopic (exact) mass is 500 g/mol. The van der Waals surface area contributed by atoms with Crippen molar-refractivity contribution in [3.63, 3.8) is 0 Å². The van der Waals surface area contributed by atoms with Gasteiger partial charge in [-0.1, -0.05) is 60.7 Å². The van der Waals surface area contributed by atoms with Crippen LogP contribution in [0.2, 0.25) is 0 Å². The molecule has 5 rings (SSSR count). The van der Waals surface area contributed by atoms with Crippen LogP contribution in [-0.2, 0) is 29.5 Å². The molecule has 0 fully saturated rings. The summed E-state index contributed by atoms with van der Waals surface area (Å²) in [5.74, 6) is -0.233. The van der Waals surface area contributed by atoms with E-state index in [9.17, 15) is 17.6 Å². The van der Waals surface area contributed by atoms with Gasteiger partial charge in [0.25, 0.3) is 0 Å².